The number of hydrogen-bond acceptors (Lipinski definition) is 10. The van der Waals surface area contributed by atoms with E-state index < -0.39 is 40.2 Å². The second kappa shape index (κ2) is 14.8. The Labute approximate surface area is 269 Å². The van der Waals surface area contributed by atoms with Crippen molar-refractivity contribution >= 4 is 22.1 Å². The van der Waals surface area contributed by atoms with Crippen molar-refractivity contribution < 1.29 is 45.5 Å². The molecule has 1 unspecified atom stereocenters. The van der Waals surface area contributed by atoms with Gasteiger partial charge in [0.25, 0.3) is 16.3 Å². The van der Waals surface area contributed by atoms with E-state index in [-0.39, 0.29) is 34.7 Å². The van der Waals surface area contributed by atoms with Gasteiger partial charge in [-0.25, -0.2) is 22.6 Å². The number of sulfonamides is 1. The Balaban J connectivity index is 1.30. The van der Waals surface area contributed by atoms with E-state index in [1.165, 1.54) is 19.1 Å². The first-order valence-electron chi connectivity index (χ1n) is 14.7. The average molecular weight is 681 g/mol. The van der Waals surface area contributed by atoms with Crippen LogP contribution in [0.25, 0.3) is 16.9 Å². The summed E-state index contributed by atoms with van der Waals surface area (Å²) in [6.45, 7) is 7.66. The van der Waals surface area contributed by atoms with Crippen molar-refractivity contribution in [1.82, 2.24) is 19.5 Å². The van der Waals surface area contributed by atoms with Gasteiger partial charge in [0, 0.05) is 30.9 Å². The molecule has 1 aliphatic rings. The third-order valence-corrected chi connectivity index (χ3v) is 8.44. The number of carbonyl (C=O) groups excluding carboxylic acids is 2. The summed E-state index contributed by atoms with van der Waals surface area (Å²) in [7, 11) is -4.35. The molecule has 1 N–H and O–H groups in total. The zero-order valence-electron chi connectivity index (χ0n) is 26.1. The van der Waals surface area contributed by atoms with E-state index in [2.05, 4.69) is 15.6 Å². The van der Waals surface area contributed by atoms with Crippen molar-refractivity contribution in [2.24, 2.45) is 22.3 Å². The lowest BCUT2D eigenvalue weighted by Crippen LogP contribution is -2.35. The molecule has 1 amide bonds. The van der Waals surface area contributed by atoms with Crippen LogP contribution in [0, 0.1) is 18.8 Å². The minimum Gasteiger partial charge on any atom is -0.449 e. The van der Waals surface area contributed by atoms with Gasteiger partial charge in [-0.05, 0) is 61.2 Å². The van der Waals surface area contributed by atoms with Crippen molar-refractivity contribution in [3.8, 4) is 16.9 Å². The smallest absolute Gasteiger partial charge is 0.435 e. The van der Waals surface area contributed by atoms with Gasteiger partial charge in [-0.15, -0.1) is 0 Å². The van der Waals surface area contributed by atoms with Crippen LogP contribution in [-0.2, 0) is 35.3 Å². The molecular formula is C30H35F3N6O7S. The lowest BCUT2D eigenvalue weighted by atomic mass is 9.99. The van der Waals surface area contributed by atoms with Gasteiger partial charge in [0.05, 0.1) is 28.8 Å². The van der Waals surface area contributed by atoms with Gasteiger partial charge in [-0.1, -0.05) is 43.7 Å². The third-order valence-electron chi connectivity index (χ3n) is 7.11. The molecule has 0 radical (unpaired) electrons. The monoisotopic (exact) mass is 680 g/mol. The van der Waals surface area contributed by atoms with Crippen LogP contribution in [0.3, 0.4) is 0 Å². The highest BCUT2D eigenvalue weighted by atomic mass is 32.2. The number of nitrogens with one attached hydrogen (secondary N) is 1. The van der Waals surface area contributed by atoms with E-state index in [0.29, 0.717) is 31.5 Å². The molecule has 0 bridgehead atoms. The zero-order valence-corrected chi connectivity index (χ0v) is 26.9. The Kier molecular flexibility index (Phi) is 11.1. The molecular weight excluding hydrogens is 645 g/mol. The molecule has 2 heterocycles. The Morgan fingerprint density at radius 3 is 2.28 bits per heavy atom. The fourth-order valence-electron chi connectivity index (χ4n) is 4.44. The Bertz CT molecular complexity index is 1670. The molecule has 0 aliphatic carbocycles. The van der Waals surface area contributed by atoms with Gasteiger partial charge in [-0.3, -0.25) is 9.80 Å². The second-order valence-electron chi connectivity index (χ2n) is 11.2. The van der Waals surface area contributed by atoms with E-state index in [1.807, 2.05) is 11.6 Å². The number of carbonyl (C=O) groups is 2. The van der Waals surface area contributed by atoms with Crippen molar-refractivity contribution in [2.45, 2.75) is 57.9 Å². The van der Waals surface area contributed by atoms with Crippen LogP contribution in [0.2, 0.25) is 0 Å². The van der Waals surface area contributed by atoms with Gasteiger partial charge in [0.2, 0.25) is 0 Å². The summed E-state index contributed by atoms with van der Waals surface area (Å²) in [6, 6.07) is 12.7. The number of halogens is 3. The van der Waals surface area contributed by atoms with Gasteiger partial charge < -0.3 is 14.3 Å². The van der Waals surface area contributed by atoms with Gasteiger partial charge in [0.15, 0.2) is 5.69 Å². The Hall–Kier alpha value is -4.67. The lowest BCUT2D eigenvalue weighted by molar-refractivity contribution is -0.181. The second-order valence-corrected chi connectivity index (χ2v) is 12.9. The summed E-state index contributed by atoms with van der Waals surface area (Å²) >= 11 is 0. The number of esters is 1. The molecule has 0 saturated carbocycles. The van der Waals surface area contributed by atoms with E-state index in [1.54, 1.807) is 43.1 Å². The maximum Gasteiger partial charge on any atom is 0.435 e. The maximum atomic E-state index is 13.5. The van der Waals surface area contributed by atoms with Crippen molar-refractivity contribution in [1.29, 1.82) is 0 Å². The van der Waals surface area contributed by atoms with E-state index in [9.17, 15) is 31.2 Å². The highest BCUT2D eigenvalue weighted by Crippen LogP contribution is 2.33. The number of ether oxygens (including phenoxy) is 2. The highest BCUT2D eigenvalue weighted by molar-refractivity contribution is 7.90. The molecule has 13 nitrogen and oxygen atoms in total. The van der Waals surface area contributed by atoms with Crippen LogP contribution in [-0.4, -0.2) is 61.3 Å². The number of nitrogens with zero attached hydrogens (tertiary/aromatic N) is 5. The normalized spacial score (nSPS) is 15.1. The molecule has 1 aromatic heterocycles. The average Bonchev–Trinajstić information content (AvgIpc) is 3.47. The van der Waals surface area contributed by atoms with Crippen LogP contribution in [0.5, 0.6) is 0 Å². The van der Waals surface area contributed by atoms with Crippen LogP contribution >= 0.6 is 0 Å². The lowest BCUT2D eigenvalue weighted by Gasteiger charge is -2.28. The predicted octanol–water partition coefficient (Wildman–Crippen LogP) is 5.84. The Morgan fingerprint density at radius 2 is 1.68 bits per heavy atom. The molecule has 17 heteroatoms. The quantitative estimate of drug-likeness (QED) is 0.114. The number of amides is 1. The first-order chi connectivity index (χ1) is 22.1. The van der Waals surface area contributed by atoms with Gasteiger partial charge >= 0.3 is 18.2 Å². The summed E-state index contributed by atoms with van der Waals surface area (Å²) in [5.74, 6) is -0.784. The Morgan fingerprint density at radius 1 is 1.04 bits per heavy atom. The van der Waals surface area contributed by atoms with Crippen LogP contribution in [0.1, 0.15) is 44.9 Å². The molecule has 4 rings (SSSR count). The van der Waals surface area contributed by atoms with E-state index >= 15 is 0 Å². The molecule has 1 saturated heterocycles. The van der Waals surface area contributed by atoms with E-state index in [0.717, 1.165) is 28.4 Å². The number of piperidine rings is 1. The fraction of sp³-hybridized carbons (Fsp3) is 0.433. The summed E-state index contributed by atoms with van der Waals surface area (Å²) in [5, 5.41) is 12.9. The first-order valence-corrected chi connectivity index (χ1v) is 16.2. The zero-order chi connectivity index (χ0) is 34.4. The molecule has 254 valence electrons. The number of hydrogen-bond donors (Lipinski definition) is 1. The molecule has 1 atom stereocenters. The standard InChI is InChI=1S/C30H35F3N6O7S/c1-19(2)28(40)45-21(4)46-37-36-38-15-13-22(14-16-38)18-44-29(41)35-47(42,43)25-11-9-24(10-12-25)39-26(17-27(34-39)30(31,32)33)23-7-5-20(3)6-8-23/h5-12,17,19,21-22H,13-16,18H2,1-4H3,(H,35,41)/b37-36-. The highest BCUT2D eigenvalue weighted by Gasteiger charge is 2.35. The number of alkyl halides is 3. The minimum atomic E-state index is -4.69. The van der Waals surface area contributed by atoms with Crippen molar-refractivity contribution in [3.63, 3.8) is 0 Å². The van der Waals surface area contributed by atoms with E-state index in [4.69, 9.17) is 14.3 Å². The molecule has 0 spiro atoms. The number of benzene rings is 2. The number of aryl methyl sites for hydroxylation is 1. The molecule has 47 heavy (non-hydrogen) atoms. The molecule has 3 aromatic rings. The summed E-state index contributed by atoms with van der Waals surface area (Å²) in [6.07, 6.45) is -5.61. The van der Waals surface area contributed by atoms with Gasteiger partial charge in [-0.2, -0.15) is 18.3 Å². The van der Waals surface area contributed by atoms with Crippen molar-refractivity contribution in [2.75, 3.05) is 19.7 Å². The SMILES string of the molecule is Cc1ccc(-c2cc(C(F)(F)F)nn2-c2ccc(S(=O)(=O)NC(=O)OCC3CCN(/N=N\OC(C)OC(=O)C(C)C)CC3)cc2)cc1. The number of rotatable bonds is 11. The fourth-order valence-corrected chi connectivity index (χ4v) is 5.33. The number of aromatic nitrogens is 2. The largest absolute Gasteiger partial charge is 0.449 e. The summed E-state index contributed by atoms with van der Waals surface area (Å²) in [5.41, 5.74) is 0.648. The summed E-state index contributed by atoms with van der Waals surface area (Å²) < 4.78 is 79.3. The molecule has 1 fully saturated rings. The van der Waals surface area contributed by atoms with Crippen LogP contribution in [0.4, 0.5) is 18.0 Å². The summed E-state index contributed by atoms with van der Waals surface area (Å²) in [4.78, 5) is 28.6. The third kappa shape index (κ3) is 9.67. The predicted molar refractivity (Wildman–Crippen MR) is 161 cm³/mol. The van der Waals surface area contributed by atoms with Crippen LogP contribution in [0.15, 0.2) is 70.0 Å². The molecule has 2 aromatic carbocycles. The molecule has 1 aliphatic heterocycles. The first kappa shape index (κ1) is 35.2. The topological polar surface area (TPSA) is 154 Å². The minimum absolute atomic E-state index is 0.0351. The maximum absolute atomic E-state index is 13.5. The van der Waals surface area contributed by atoms with Crippen LogP contribution < -0.4 is 4.72 Å². The van der Waals surface area contributed by atoms with Crippen molar-refractivity contribution in [3.05, 3.63) is 65.9 Å². The van der Waals surface area contributed by atoms with Gasteiger partial charge in [0.1, 0.15) is 0 Å².